The second-order valence-corrected chi connectivity index (χ2v) is 14.1. The normalized spacial score (nSPS) is 28.7. The number of allylic oxidation sites excluding steroid dienone is 2. The maximum atomic E-state index is 13.2. The Kier molecular flexibility index (Phi) is 5.06. The van der Waals surface area contributed by atoms with Crippen LogP contribution in [0, 0.1) is 49.4 Å². The summed E-state index contributed by atoms with van der Waals surface area (Å²) >= 11 is 3.73. The quantitative estimate of drug-likeness (QED) is 0.245. The summed E-state index contributed by atoms with van der Waals surface area (Å²) in [7, 11) is 1.68. The predicted molar refractivity (Wildman–Crippen MR) is 159 cm³/mol. The Morgan fingerprint density at radius 3 is 1.46 bits per heavy atom. The number of likely N-dealkylation sites (tertiary alicyclic amines) is 1. The molecule has 4 aliphatic rings. The van der Waals surface area contributed by atoms with Crippen molar-refractivity contribution in [1.82, 2.24) is 4.90 Å². The molecule has 5 heteroatoms. The van der Waals surface area contributed by atoms with Crippen molar-refractivity contribution in [2.24, 2.45) is 35.5 Å². The Balaban J connectivity index is 1.31. The van der Waals surface area contributed by atoms with Crippen LogP contribution in [-0.4, -0.2) is 23.8 Å². The zero-order valence-corrected chi connectivity index (χ0v) is 23.8. The van der Waals surface area contributed by atoms with Gasteiger partial charge in [-0.25, -0.2) is 0 Å². The van der Waals surface area contributed by atoms with E-state index in [0.717, 1.165) is 6.42 Å². The Morgan fingerprint density at radius 2 is 1.05 bits per heavy atom. The molecule has 1 aliphatic heterocycles. The van der Waals surface area contributed by atoms with Crippen LogP contribution in [0.3, 0.4) is 0 Å². The summed E-state index contributed by atoms with van der Waals surface area (Å²) in [5.41, 5.74) is 8.07. The molecule has 3 heterocycles. The molecule has 3 aliphatic carbocycles. The fraction of sp³-hybridized carbons (Fsp3) is 0.294. The predicted octanol–water partition coefficient (Wildman–Crippen LogP) is 7.80. The van der Waals surface area contributed by atoms with Gasteiger partial charge in [0.25, 0.3) is 0 Å². The molecule has 0 spiro atoms. The molecule has 0 radical (unpaired) electrons. The highest BCUT2D eigenvalue weighted by Crippen LogP contribution is 2.73. The summed E-state index contributed by atoms with van der Waals surface area (Å²) in [5.74, 6) is 1.05. The number of carbonyl (C=O) groups is 2. The molecule has 2 aromatic heterocycles. The summed E-state index contributed by atoms with van der Waals surface area (Å²) in [6.07, 6.45) is 0.993. The Bertz CT molecular complexity index is 1570. The van der Waals surface area contributed by atoms with Crippen LogP contribution >= 0.6 is 22.7 Å². The van der Waals surface area contributed by atoms with Gasteiger partial charge in [-0.15, -0.1) is 22.7 Å². The minimum absolute atomic E-state index is 0.0499. The van der Waals surface area contributed by atoms with Crippen molar-refractivity contribution >= 4 is 45.6 Å². The van der Waals surface area contributed by atoms with Crippen LogP contribution in [0.4, 0.5) is 0 Å². The molecule has 2 bridgehead atoms. The number of aryl methyl sites for hydroxylation is 2. The molecule has 0 N–H and O–H groups in total. The van der Waals surface area contributed by atoms with E-state index in [9.17, 15) is 9.59 Å². The van der Waals surface area contributed by atoms with Gasteiger partial charge in [0.15, 0.2) is 0 Å². The van der Waals surface area contributed by atoms with E-state index in [-0.39, 0.29) is 35.5 Å². The number of carbonyl (C=O) groups excluding carboxylic acids is 2. The fourth-order valence-electron chi connectivity index (χ4n) is 8.33. The molecular weight excluding hydrogens is 519 g/mol. The van der Waals surface area contributed by atoms with Gasteiger partial charge in [0.1, 0.15) is 0 Å². The van der Waals surface area contributed by atoms with Crippen molar-refractivity contribution < 1.29 is 9.59 Å². The molecule has 2 saturated carbocycles. The molecule has 0 unspecified atom stereocenters. The van der Waals surface area contributed by atoms with Gasteiger partial charge >= 0.3 is 0 Å². The van der Waals surface area contributed by atoms with E-state index in [0.29, 0.717) is 11.8 Å². The summed E-state index contributed by atoms with van der Waals surface area (Å²) in [6, 6.07) is 26.0. The first-order chi connectivity index (χ1) is 18.9. The zero-order valence-electron chi connectivity index (χ0n) is 22.2. The van der Waals surface area contributed by atoms with Crippen LogP contribution in [-0.2, 0) is 9.59 Å². The van der Waals surface area contributed by atoms with Gasteiger partial charge in [0.05, 0.1) is 11.8 Å². The third-order valence-corrected chi connectivity index (χ3v) is 12.1. The fourth-order valence-corrected chi connectivity index (χ4v) is 10.4. The second kappa shape index (κ2) is 8.36. The monoisotopic (exact) mass is 547 g/mol. The van der Waals surface area contributed by atoms with Crippen LogP contribution in [0.1, 0.15) is 27.3 Å². The van der Waals surface area contributed by atoms with Gasteiger partial charge in [-0.1, -0.05) is 60.7 Å². The Hall–Kier alpha value is -3.28. The first-order valence-electron chi connectivity index (χ1n) is 13.8. The highest BCUT2D eigenvalue weighted by molar-refractivity contribution is 7.16. The van der Waals surface area contributed by atoms with E-state index in [1.54, 1.807) is 7.05 Å². The van der Waals surface area contributed by atoms with Crippen molar-refractivity contribution in [1.29, 1.82) is 0 Å². The first-order valence-corrected chi connectivity index (χ1v) is 15.4. The third kappa shape index (κ3) is 3.14. The first kappa shape index (κ1) is 23.6. The number of hydrogen-bond donors (Lipinski definition) is 0. The van der Waals surface area contributed by atoms with Gasteiger partial charge < -0.3 is 0 Å². The number of thiophene rings is 2. The average Bonchev–Trinajstić information content (AvgIpc) is 3.73. The minimum atomic E-state index is -0.138. The van der Waals surface area contributed by atoms with Gasteiger partial charge in [-0.05, 0) is 89.5 Å². The molecular formula is C34H29NO2S2. The van der Waals surface area contributed by atoms with Gasteiger partial charge in [-0.3, -0.25) is 14.5 Å². The van der Waals surface area contributed by atoms with Crippen LogP contribution < -0.4 is 0 Å². The van der Waals surface area contributed by atoms with Crippen LogP contribution in [0.2, 0.25) is 0 Å². The molecule has 8 rings (SSSR count). The largest absolute Gasteiger partial charge is 0.285 e. The van der Waals surface area contributed by atoms with Gasteiger partial charge in [0.2, 0.25) is 11.8 Å². The summed E-state index contributed by atoms with van der Waals surface area (Å²) in [6.45, 7) is 4.49. The molecule has 194 valence electrons. The number of fused-ring (bicyclic) bond motifs is 8. The number of rotatable bonds is 4. The number of hydrogen-bond acceptors (Lipinski definition) is 4. The zero-order chi connectivity index (χ0) is 26.6. The lowest BCUT2D eigenvalue weighted by Crippen LogP contribution is -2.43. The topological polar surface area (TPSA) is 37.4 Å². The van der Waals surface area contributed by atoms with Crippen molar-refractivity contribution in [3.05, 3.63) is 93.7 Å². The molecule has 6 atom stereocenters. The van der Waals surface area contributed by atoms with Crippen molar-refractivity contribution in [2.45, 2.75) is 20.3 Å². The molecule has 2 amide bonds. The van der Waals surface area contributed by atoms with E-state index < -0.39 is 0 Å². The second-order valence-electron chi connectivity index (χ2n) is 11.6. The number of amides is 2. The number of benzene rings is 2. The molecule has 3 fully saturated rings. The maximum Gasteiger partial charge on any atom is 0.233 e. The van der Waals surface area contributed by atoms with E-state index in [1.807, 2.05) is 22.7 Å². The van der Waals surface area contributed by atoms with E-state index >= 15 is 0 Å². The standard InChI is InChI=1S/C34H29NO2S2/c1-17-21(15-25(38-17)19-10-6-4-7-11-19)27-28(22-16-26(39-18(22)2)20-12-8-5-9-13-20)30-24-14-23(29(27)30)31-32(24)34(37)35(3)33(31)36/h4-13,15-16,23-24,29-32H,14H2,1-3H3/t23-,24+,29-,30+,31+,32-. The third-order valence-electron chi connectivity index (χ3n) is 9.88. The van der Waals surface area contributed by atoms with Crippen LogP contribution in [0.5, 0.6) is 0 Å². The lowest BCUT2D eigenvalue weighted by atomic mass is 9.54. The van der Waals surface area contributed by atoms with Gasteiger partial charge in [-0.2, -0.15) is 0 Å². The van der Waals surface area contributed by atoms with Crippen molar-refractivity contribution in [3.63, 3.8) is 0 Å². The molecule has 2 aromatic carbocycles. The smallest absolute Gasteiger partial charge is 0.233 e. The lowest BCUT2D eigenvalue weighted by Gasteiger charge is -2.48. The van der Waals surface area contributed by atoms with Crippen molar-refractivity contribution in [2.75, 3.05) is 7.05 Å². The maximum absolute atomic E-state index is 13.2. The SMILES string of the molecule is Cc1sc(-c2ccccc2)cc1C1=C(c2cc(-c3ccccc3)sc2C)[C@H]2[C@H]3C[C@H]([C@H]4C(=O)N(C)C(=O)[C@@H]34)[C@@H]12. The summed E-state index contributed by atoms with van der Waals surface area (Å²) in [4.78, 5) is 33.1. The average molecular weight is 548 g/mol. The highest BCUT2D eigenvalue weighted by Gasteiger charge is 2.70. The molecule has 4 aromatic rings. The van der Waals surface area contributed by atoms with Crippen molar-refractivity contribution in [3.8, 4) is 20.9 Å². The molecule has 39 heavy (non-hydrogen) atoms. The summed E-state index contributed by atoms with van der Waals surface area (Å²) < 4.78 is 0. The summed E-state index contributed by atoms with van der Waals surface area (Å²) in [5, 5.41) is 0. The highest BCUT2D eigenvalue weighted by atomic mass is 32.1. The van der Waals surface area contributed by atoms with E-state index in [4.69, 9.17) is 0 Å². The number of imide groups is 1. The van der Waals surface area contributed by atoms with E-state index in [1.165, 1.54) is 57.8 Å². The van der Waals surface area contributed by atoms with Crippen LogP contribution in [0.15, 0.2) is 72.8 Å². The number of nitrogens with zero attached hydrogens (tertiary/aromatic N) is 1. The van der Waals surface area contributed by atoms with E-state index in [2.05, 4.69) is 86.6 Å². The Morgan fingerprint density at radius 1 is 0.641 bits per heavy atom. The minimum Gasteiger partial charge on any atom is -0.285 e. The van der Waals surface area contributed by atoms with Gasteiger partial charge in [0, 0.05) is 26.6 Å². The molecule has 3 nitrogen and oxygen atoms in total. The molecule has 1 saturated heterocycles. The van der Waals surface area contributed by atoms with Crippen LogP contribution in [0.25, 0.3) is 32.0 Å². The Labute approximate surface area is 236 Å². The lowest BCUT2D eigenvalue weighted by molar-refractivity contribution is -0.139.